The number of aromatic nitrogens is 2. The van der Waals surface area contributed by atoms with Gasteiger partial charge < -0.3 is 9.64 Å². The molecule has 148 valence electrons. The minimum Gasteiger partial charge on any atom is -0.481 e. The van der Waals surface area contributed by atoms with E-state index in [4.69, 9.17) is 4.74 Å². The number of carbonyl (C=O) groups excluding carboxylic acids is 1. The summed E-state index contributed by atoms with van der Waals surface area (Å²) in [6.07, 6.45) is 4.19. The lowest BCUT2D eigenvalue weighted by molar-refractivity contribution is -0.135. The molecule has 0 aromatic carbocycles. The van der Waals surface area contributed by atoms with Gasteiger partial charge in [0.25, 0.3) is 0 Å². The summed E-state index contributed by atoms with van der Waals surface area (Å²) in [4.78, 5) is 23.2. The van der Waals surface area contributed by atoms with E-state index < -0.39 is 15.4 Å². The normalized spacial score (nSPS) is 22.9. The highest BCUT2D eigenvalue weighted by molar-refractivity contribution is 7.89. The van der Waals surface area contributed by atoms with Crippen molar-refractivity contribution in [1.82, 2.24) is 19.2 Å². The summed E-state index contributed by atoms with van der Waals surface area (Å²) in [5, 5.41) is 0. The summed E-state index contributed by atoms with van der Waals surface area (Å²) in [5.41, 5.74) is 0.196. The molecule has 0 saturated carbocycles. The number of sulfonamides is 1. The van der Waals surface area contributed by atoms with Gasteiger partial charge in [-0.05, 0) is 31.0 Å². The van der Waals surface area contributed by atoms with E-state index in [1.807, 2.05) is 18.2 Å². The van der Waals surface area contributed by atoms with E-state index in [9.17, 15) is 13.2 Å². The fourth-order valence-electron chi connectivity index (χ4n) is 3.94. The zero-order valence-electron chi connectivity index (χ0n) is 15.6. The summed E-state index contributed by atoms with van der Waals surface area (Å²) >= 11 is 0. The van der Waals surface area contributed by atoms with E-state index in [-0.39, 0.29) is 17.3 Å². The number of pyridine rings is 2. The number of rotatable bonds is 5. The van der Waals surface area contributed by atoms with E-state index in [0.717, 1.165) is 5.69 Å². The minimum atomic E-state index is -3.69. The van der Waals surface area contributed by atoms with Crippen molar-refractivity contribution in [2.24, 2.45) is 5.41 Å². The Morgan fingerprint density at radius 1 is 1.14 bits per heavy atom. The Hall–Kier alpha value is -2.52. The van der Waals surface area contributed by atoms with Crippen molar-refractivity contribution in [2.45, 2.75) is 24.3 Å². The third-order valence-corrected chi connectivity index (χ3v) is 7.38. The van der Waals surface area contributed by atoms with Crippen LogP contribution in [0.3, 0.4) is 0 Å². The third-order valence-electron chi connectivity index (χ3n) is 5.56. The zero-order chi connectivity index (χ0) is 19.8. The van der Waals surface area contributed by atoms with E-state index in [2.05, 4.69) is 9.97 Å². The van der Waals surface area contributed by atoms with E-state index in [1.165, 1.54) is 29.7 Å². The summed E-state index contributed by atoms with van der Waals surface area (Å²) in [6.45, 7) is 1.61. The zero-order valence-corrected chi connectivity index (χ0v) is 16.4. The van der Waals surface area contributed by atoms with Gasteiger partial charge in [-0.2, -0.15) is 4.31 Å². The van der Waals surface area contributed by atoms with Gasteiger partial charge in [0.15, 0.2) is 0 Å². The maximum absolute atomic E-state index is 13.1. The fraction of sp³-hybridized carbons (Fsp3) is 0.421. The lowest BCUT2D eigenvalue weighted by Gasteiger charge is -2.23. The molecule has 1 unspecified atom stereocenters. The molecule has 9 heteroatoms. The molecule has 0 bridgehead atoms. The third kappa shape index (κ3) is 3.24. The van der Waals surface area contributed by atoms with Crippen molar-refractivity contribution in [3.8, 4) is 5.88 Å². The predicted octanol–water partition coefficient (Wildman–Crippen LogP) is 1.30. The van der Waals surface area contributed by atoms with Crippen LogP contribution >= 0.6 is 0 Å². The van der Waals surface area contributed by atoms with Gasteiger partial charge in [0.05, 0.1) is 31.0 Å². The number of likely N-dealkylation sites (tertiary alicyclic amines) is 1. The average molecular weight is 402 g/mol. The molecular formula is C19H22N4O4S. The minimum absolute atomic E-state index is 0.0173. The molecule has 0 aliphatic carbocycles. The molecule has 2 aliphatic heterocycles. The highest BCUT2D eigenvalue weighted by Crippen LogP contribution is 2.42. The lowest BCUT2D eigenvalue weighted by atomic mass is 9.86. The van der Waals surface area contributed by atoms with Crippen molar-refractivity contribution in [1.29, 1.82) is 0 Å². The van der Waals surface area contributed by atoms with Crippen LogP contribution in [0.15, 0.2) is 47.6 Å². The van der Waals surface area contributed by atoms with Crippen molar-refractivity contribution >= 4 is 15.9 Å². The van der Waals surface area contributed by atoms with Gasteiger partial charge >= 0.3 is 0 Å². The Morgan fingerprint density at radius 2 is 1.96 bits per heavy atom. The Balaban J connectivity index is 1.49. The summed E-state index contributed by atoms with van der Waals surface area (Å²) < 4.78 is 32.3. The van der Waals surface area contributed by atoms with Crippen LogP contribution < -0.4 is 4.74 Å². The monoisotopic (exact) mass is 402 g/mol. The number of methoxy groups -OCH3 is 1. The molecule has 1 amide bonds. The molecule has 8 nitrogen and oxygen atoms in total. The number of hydrogen-bond acceptors (Lipinski definition) is 6. The second-order valence-corrected chi connectivity index (χ2v) is 9.14. The van der Waals surface area contributed by atoms with Crippen molar-refractivity contribution in [3.05, 3.63) is 48.4 Å². The smallest absolute Gasteiger partial charge is 0.244 e. The largest absolute Gasteiger partial charge is 0.481 e. The molecule has 0 radical (unpaired) electrons. The van der Waals surface area contributed by atoms with E-state index in [1.54, 1.807) is 11.1 Å². The van der Waals surface area contributed by atoms with Crippen LogP contribution in [0.1, 0.15) is 18.5 Å². The standard InChI is InChI=1S/C19H22N4O4S/c1-27-17-6-5-16(12-21-17)28(25,26)23-11-8-19(14-23)7-10-22(18(19)24)13-15-4-2-3-9-20-15/h2-6,9,12H,7-8,10-11,13-14H2,1H3. The Morgan fingerprint density at radius 3 is 2.64 bits per heavy atom. The predicted molar refractivity (Wildman–Crippen MR) is 101 cm³/mol. The highest BCUT2D eigenvalue weighted by atomic mass is 32.2. The van der Waals surface area contributed by atoms with Crippen LogP contribution in [0.2, 0.25) is 0 Å². The summed E-state index contributed by atoms with van der Waals surface area (Å²) in [6, 6.07) is 8.63. The average Bonchev–Trinajstić information content (AvgIpc) is 3.29. The van der Waals surface area contributed by atoms with Gasteiger partial charge in [-0.3, -0.25) is 9.78 Å². The molecule has 1 spiro atoms. The number of ether oxygens (including phenoxy) is 1. The van der Waals surface area contributed by atoms with Gasteiger partial charge in [0, 0.05) is 31.9 Å². The lowest BCUT2D eigenvalue weighted by Crippen LogP contribution is -2.38. The topological polar surface area (TPSA) is 92.7 Å². The van der Waals surface area contributed by atoms with Crippen molar-refractivity contribution in [2.75, 3.05) is 26.7 Å². The Kier molecular flexibility index (Phi) is 4.80. The van der Waals surface area contributed by atoms with Crippen LogP contribution in [0.25, 0.3) is 0 Å². The first-order chi connectivity index (χ1) is 13.4. The van der Waals surface area contributed by atoms with Crippen molar-refractivity contribution < 1.29 is 17.9 Å². The van der Waals surface area contributed by atoms with Gasteiger partial charge in [0.2, 0.25) is 21.8 Å². The number of carbonyl (C=O) groups is 1. The molecule has 4 heterocycles. The fourth-order valence-corrected chi connectivity index (χ4v) is 5.41. The van der Waals surface area contributed by atoms with Gasteiger partial charge in [0.1, 0.15) is 4.90 Å². The van der Waals surface area contributed by atoms with Gasteiger partial charge in [-0.15, -0.1) is 0 Å². The number of hydrogen-bond donors (Lipinski definition) is 0. The molecule has 2 aromatic heterocycles. The van der Waals surface area contributed by atoms with Crippen LogP contribution in [0.5, 0.6) is 5.88 Å². The molecule has 4 rings (SSSR count). The Labute approximate surface area is 164 Å². The summed E-state index contributed by atoms with van der Waals surface area (Å²) in [7, 11) is -2.22. The van der Waals surface area contributed by atoms with Crippen LogP contribution in [-0.2, 0) is 21.4 Å². The number of nitrogens with zero attached hydrogens (tertiary/aromatic N) is 4. The molecule has 2 aliphatic rings. The van der Waals surface area contributed by atoms with E-state index >= 15 is 0 Å². The maximum atomic E-state index is 13.1. The van der Waals surface area contributed by atoms with Crippen LogP contribution in [0.4, 0.5) is 0 Å². The molecular weight excluding hydrogens is 380 g/mol. The van der Waals surface area contributed by atoms with Crippen LogP contribution in [-0.4, -0.2) is 60.2 Å². The maximum Gasteiger partial charge on any atom is 0.244 e. The highest BCUT2D eigenvalue weighted by Gasteiger charge is 2.53. The van der Waals surface area contributed by atoms with Crippen molar-refractivity contribution in [3.63, 3.8) is 0 Å². The van der Waals surface area contributed by atoms with Crippen LogP contribution in [0, 0.1) is 5.41 Å². The second-order valence-electron chi connectivity index (χ2n) is 7.20. The van der Waals surface area contributed by atoms with E-state index in [0.29, 0.717) is 38.4 Å². The summed E-state index contributed by atoms with van der Waals surface area (Å²) in [5.74, 6) is 0.372. The molecule has 2 fully saturated rings. The molecule has 2 aromatic rings. The molecule has 2 saturated heterocycles. The SMILES string of the molecule is COc1ccc(S(=O)(=O)N2CCC3(CCN(Cc4ccccn4)C3=O)C2)cn1. The first kappa shape index (κ1) is 18.8. The first-order valence-corrected chi connectivity index (χ1v) is 10.6. The second kappa shape index (κ2) is 7.14. The molecule has 28 heavy (non-hydrogen) atoms. The number of amides is 1. The van der Waals surface area contributed by atoms with Gasteiger partial charge in [-0.1, -0.05) is 6.07 Å². The first-order valence-electron chi connectivity index (χ1n) is 9.14. The van der Waals surface area contributed by atoms with Gasteiger partial charge in [-0.25, -0.2) is 13.4 Å². The molecule has 0 N–H and O–H groups in total. The molecule has 1 atom stereocenters. The quantitative estimate of drug-likeness (QED) is 0.748. The Bertz CT molecular complexity index is 965.